The zero-order valence-corrected chi connectivity index (χ0v) is 7.71. The van der Waals surface area contributed by atoms with E-state index >= 15 is 0 Å². The van der Waals surface area contributed by atoms with Crippen LogP contribution in [-0.4, -0.2) is 6.61 Å². The summed E-state index contributed by atoms with van der Waals surface area (Å²) in [4.78, 5) is 0. The quantitative estimate of drug-likeness (QED) is 0.649. The number of aryl methyl sites for hydroxylation is 1. The molecular weight excluding hydrogens is 181 g/mol. The predicted octanol–water partition coefficient (Wildman–Crippen LogP) is 2.10. The summed E-state index contributed by atoms with van der Waals surface area (Å²) in [6.45, 7) is -0.936. The maximum Gasteiger partial charge on any atom is 0.387 e. The van der Waals surface area contributed by atoms with Crippen molar-refractivity contribution in [1.82, 2.24) is 0 Å². The Balaban J connectivity index is 2.90. The van der Waals surface area contributed by atoms with E-state index in [4.69, 9.17) is 0 Å². The van der Waals surface area contributed by atoms with Crippen molar-refractivity contribution in [1.29, 1.82) is 0 Å². The van der Waals surface area contributed by atoms with Crippen molar-refractivity contribution in [2.24, 2.45) is 0 Å². The van der Waals surface area contributed by atoms with Crippen molar-refractivity contribution < 1.29 is 13.5 Å². The lowest BCUT2D eigenvalue weighted by atomic mass is 10.2. The molecule has 0 saturated carbocycles. The van der Waals surface area contributed by atoms with E-state index in [0.29, 0.717) is 5.30 Å². The second-order valence-electron chi connectivity index (χ2n) is 2.42. The average Bonchev–Trinajstić information content (AvgIpc) is 1.96. The Morgan fingerprint density at radius 2 is 2.08 bits per heavy atom. The van der Waals surface area contributed by atoms with Gasteiger partial charge in [-0.3, -0.25) is 0 Å². The molecule has 0 radical (unpaired) electrons. The van der Waals surface area contributed by atoms with Gasteiger partial charge in [0.2, 0.25) is 0 Å². The zero-order chi connectivity index (χ0) is 9.14. The van der Waals surface area contributed by atoms with Gasteiger partial charge in [0.15, 0.2) is 0 Å². The highest BCUT2D eigenvalue weighted by Crippen LogP contribution is 2.15. The van der Waals surface area contributed by atoms with Crippen molar-refractivity contribution in [2.45, 2.75) is 13.5 Å². The van der Waals surface area contributed by atoms with Crippen LogP contribution in [0.15, 0.2) is 18.2 Å². The summed E-state index contributed by atoms with van der Waals surface area (Å²) in [5, 5.41) is 0.640. The number of halogens is 2. The number of alkyl halides is 2. The van der Waals surface area contributed by atoms with Gasteiger partial charge in [0.25, 0.3) is 0 Å². The van der Waals surface area contributed by atoms with E-state index in [1.54, 1.807) is 12.1 Å². The molecule has 0 aliphatic carbocycles. The van der Waals surface area contributed by atoms with E-state index in [1.165, 1.54) is 0 Å². The molecule has 0 bridgehead atoms. The van der Waals surface area contributed by atoms with Gasteiger partial charge < -0.3 is 4.74 Å². The van der Waals surface area contributed by atoms with Crippen LogP contribution in [0, 0.1) is 6.92 Å². The normalized spacial score (nSPS) is 10.4. The van der Waals surface area contributed by atoms with E-state index in [9.17, 15) is 8.78 Å². The summed E-state index contributed by atoms with van der Waals surface area (Å²) in [7, 11) is 2.34. The predicted molar refractivity (Wildman–Crippen MR) is 47.2 cm³/mol. The lowest BCUT2D eigenvalue weighted by Gasteiger charge is -2.07. The maximum absolute atomic E-state index is 11.8. The van der Waals surface area contributed by atoms with Crippen molar-refractivity contribution in [3.8, 4) is 5.75 Å². The summed E-state index contributed by atoms with van der Waals surface area (Å²) in [5.41, 5.74) is 0.900. The molecule has 1 unspecified atom stereocenters. The van der Waals surface area contributed by atoms with Crippen LogP contribution < -0.4 is 10.0 Å². The van der Waals surface area contributed by atoms with E-state index in [1.807, 2.05) is 13.0 Å². The molecule has 0 amide bonds. The fourth-order valence-electron chi connectivity index (χ4n) is 0.840. The molecule has 0 aliphatic heterocycles. The second kappa shape index (κ2) is 3.81. The lowest BCUT2D eigenvalue weighted by molar-refractivity contribution is -0.0491. The standard InChI is InChI=1S/C8H9F2OP/c1-5-2-3-7(12)6(4-5)11-8(9)10/h2-4,8H,12H2,1H3. The molecular formula is C8H9F2OP. The topological polar surface area (TPSA) is 9.23 Å². The molecule has 0 fully saturated rings. The van der Waals surface area contributed by atoms with Crippen molar-refractivity contribution >= 4 is 14.5 Å². The Bertz CT molecular complexity index is 276. The molecule has 0 aliphatic rings. The monoisotopic (exact) mass is 190 g/mol. The Hall–Kier alpha value is -0.690. The molecule has 0 N–H and O–H groups in total. The lowest BCUT2D eigenvalue weighted by Crippen LogP contribution is -2.08. The van der Waals surface area contributed by atoms with Gasteiger partial charge in [-0.05, 0) is 18.6 Å². The summed E-state index contributed by atoms with van der Waals surface area (Å²) in [6, 6.07) is 5.13. The van der Waals surface area contributed by atoms with Crippen LogP contribution in [0.1, 0.15) is 5.56 Å². The van der Waals surface area contributed by atoms with Crippen LogP contribution in [0.2, 0.25) is 0 Å². The van der Waals surface area contributed by atoms with E-state index in [2.05, 4.69) is 14.0 Å². The highest BCUT2D eigenvalue weighted by Gasteiger charge is 2.06. The first kappa shape index (κ1) is 9.40. The van der Waals surface area contributed by atoms with Crippen LogP contribution in [0.4, 0.5) is 8.78 Å². The summed E-state index contributed by atoms with van der Waals surface area (Å²) >= 11 is 0. The highest BCUT2D eigenvalue weighted by atomic mass is 31.0. The van der Waals surface area contributed by atoms with Crippen LogP contribution >= 0.6 is 9.24 Å². The summed E-state index contributed by atoms with van der Waals surface area (Å²) in [6.07, 6.45) is 0. The fourth-order valence-corrected chi connectivity index (χ4v) is 1.09. The minimum atomic E-state index is -2.76. The SMILES string of the molecule is Cc1ccc(P)c(OC(F)F)c1. The smallest absolute Gasteiger partial charge is 0.387 e. The van der Waals surface area contributed by atoms with E-state index < -0.39 is 6.61 Å². The molecule has 1 rings (SSSR count). The van der Waals surface area contributed by atoms with Crippen molar-refractivity contribution in [3.63, 3.8) is 0 Å². The van der Waals surface area contributed by atoms with Gasteiger partial charge >= 0.3 is 6.61 Å². The van der Waals surface area contributed by atoms with Gasteiger partial charge in [-0.2, -0.15) is 8.78 Å². The molecule has 0 heterocycles. The largest absolute Gasteiger partial charge is 0.434 e. The third-order valence-electron chi connectivity index (χ3n) is 1.39. The molecule has 0 aromatic heterocycles. The number of ether oxygens (including phenoxy) is 1. The van der Waals surface area contributed by atoms with Crippen LogP contribution in [0.25, 0.3) is 0 Å². The first-order chi connectivity index (χ1) is 5.59. The van der Waals surface area contributed by atoms with Gasteiger partial charge in [0, 0.05) is 5.30 Å². The highest BCUT2D eigenvalue weighted by molar-refractivity contribution is 7.27. The third-order valence-corrected chi connectivity index (χ3v) is 1.86. The average molecular weight is 190 g/mol. The van der Waals surface area contributed by atoms with Crippen LogP contribution in [0.3, 0.4) is 0 Å². The summed E-state index contributed by atoms with van der Waals surface area (Å²) < 4.78 is 27.9. The number of hydrogen-bond acceptors (Lipinski definition) is 1. The molecule has 1 aromatic rings. The van der Waals surface area contributed by atoms with E-state index in [0.717, 1.165) is 5.56 Å². The summed E-state index contributed by atoms with van der Waals surface area (Å²) in [5.74, 6) is 0.218. The Kier molecular flexibility index (Phi) is 2.99. The first-order valence-corrected chi connectivity index (χ1v) is 3.98. The molecule has 0 spiro atoms. The molecule has 4 heteroatoms. The van der Waals surface area contributed by atoms with Crippen molar-refractivity contribution in [2.75, 3.05) is 0 Å². The van der Waals surface area contributed by atoms with E-state index in [-0.39, 0.29) is 5.75 Å². The van der Waals surface area contributed by atoms with Gasteiger partial charge in [-0.15, -0.1) is 9.24 Å². The van der Waals surface area contributed by atoms with Gasteiger partial charge in [0.05, 0.1) is 0 Å². The van der Waals surface area contributed by atoms with Gasteiger partial charge in [-0.25, -0.2) is 0 Å². The number of hydrogen-bond donors (Lipinski definition) is 0. The first-order valence-electron chi connectivity index (χ1n) is 3.40. The molecule has 1 nitrogen and oxygen atoms in total. The van der Waals surface area contributed by atoms with Crippen LogP contribution in [-0.2, 0) is 0 Å². The Labute approximate surface area is 71.9 Å². The Morgan fingerprint density at radius 3 is 2.67 bits per heavy atom. The van der Waals surface area contributed by atoms with Crippen molar-refractivity contribution in [3.05, 3.63) is 23.8 Å². The number of rotatable bonds is 2. The second-order valence-corrected chi connectivity index (χ2v) is 3.04. The van der Waals surface area contributed by atoms with Gasteiger partial charge in [0.1, 0.15) is 5.75 Å². The Morgan fingerprint density at radius 1 is 1.42 bits per heavy atom. The molecule has 12 heavy (non-hydrogen) atoms. The minimum Gasteiger partial charge on any atom is -0.434 e. The number of benzene rings is 1. The maximum atomic E-state index is 11.8. The molecule has 66 valence electrons. The molecule has 1 atom stereocenters. The van der Waals surface area contributed by atoms with Gasteiger partial charge in [-0.1, -0.05) is 12.1 Å². The minimum absolute atomic E-state index is 0.218. The molecule has 1 aromatic carbocycles. The molecule has 0 saturated heterocycles. The fraction of sp³-hybridized carbons (Fsp3) is 0.250. The zero-order valence-electron chi connectivity index (χ0n) is 6.55. The van der Waals surface area contributed by atoms with Crippen LogP contribution in [0.5, 0.6) is 5.75 Å². The third kappa shape index (κ3) is 2.42.